The first-order valence-electron chi connectivity index (χ1n) is 5.46. The van der Waals surface area contributed by atoms with E-state index in [-0.39, 0.29) is 6.04 Å². The van der Waals surface area contributed by atoms with Gasteiger partial charge >= 0.3 is 0 Å². The number of benzene rings is 1. The molecule has 4 heteroatoms. The van der Waals surface area contributed by atoms with Crippen LogP contribution in [-0.2, 0) is 4.74 Å². The minimum Gasteiger partial charge on any atom is -0.381 e. The maximum absolute atomic E-state index is 6.23. The SMILES string of the molecule is NC(c1cc(Cl)cc(Cl)c1)C1CCOCC1. The van der Waals surface area contributed by atoms with Crippen molar-refractivity contribution in [3.8, 4) is 0 Å². The predicted octanol–water partition coefficient (Wildman–Crippen LogP) is 3.42. The molecule has 2 N–H and O–H groups in total. The van der Waals surface area contributed by atoms with Gasteiger partial charge in [-0.1, -0.05) is 23.2 Å². The molecule has 0 bridgehead atoms. The van der Waals surface area contributed by atoms with Crippen LogP contribution in [0.15, 0.2) is 18.2 Å². The van der Waals surface area contributed by atoms with Gasteiger partial charge < -0.3 is 10.5 Å². The van der Waals surface area contributed by atoms with Gasteiger partial charge in [0.25, 0.3) is 0 Å². The second kappa shape index (κ2) is 5.37. The van der Waals surface area contributed by atoms with E-state index in [1.54, 1.807) is 6.07 Å². The maximum Gasteiger partial charge on any atom is 0.0469 e. The minimum absolute atomic E-state index is 0.0000926. The molecule has 1 aromatic rings. The summed E-state index contributed by atoms with van der Waals surface area (Å²) in [6, 6.07) is 5.52. The van der Waals surface area contributed by atoms with E-state index in [9.17, 15) is 0 Å². The van der Waals surface area contributed by atoms with Gasteiger partial charge in [-0.3, -0.25) is 0 Å². The van der Waals surface area contributed by atoms with Gasteiger partial charge in [0.05, 0.1) is 0 Å². The molecule has 1 aliphatic rings. The van der Waals surface area contributed by atoms with Gasteiger partial charge in [0, 0.05) is 29.3 Å². The second-order valence-electron chi connectivity index (χ2n) is 4.18. The standard InChI is InChI=1S/C12H15Cl2NO/c13-10-5-9(6-11(14)7-10)12(15)8-1-3-16-4-2-8/h5-8,12H,1-4,15H2. The molecule has 1 atom stereocenters. The highest BCUT2D eigenvalue weighted by atomic mass is 35.5. The molecule has 0 saturated carbocycles. The summed E-state index contributed by atoms with van der Waals surface area (Å²) in [6.07, 6.45) is 2.01. The quantitative estimate of drug-likeness (QED) is 0.884. The van der Waals surface area contributed by atoms with E-state index >= 15 is 0 Å². The summed E-state index contributed by atoms with van der Waals surface area (Å²) in [4.78, 5) is 0. The van der Waals surface area contributed by atoms with Crippen molar-refractivity contribution < 1.29 is 4.74 Å². The molecule has 1 aliphatic heterocycles. The Morgan fingerprint density at radius 2 is 1.69 bits per heavy atom. The molecule has 0 aliphatic carbocycles. The average molecular weight is 260 g/mol. The zero-order valence-electron chi connectivity index (χ0n) is 8.96. The third-order valence-corrected chi connectivity index (χ3v) is 3.48. The zero-order valence-corrected chi connectivity index (χ0v) is 10.5. The molecule has 0 aromatic heterocycles. The fraction of sp³-hybridized carbons (Fsp3) is 0.500. The summed E-state index contributed by atoms with van der Waals surface area (Å²) < 4.78 is 5.33. The average Bonchev–Trinajstić information content (AvgIpc) is 2.28. The Kier molecular flexibility index (Phi) is 4.09. The second-order valence-corrected chi connectivity index (χ2v) is 5.05. The molecule has 0 radical (unpaired) electrons. The van der Waals surface area contributed by atoms with Crippen molar-refractivity contribution in [2.45, 2.75) is 18.9 Å². The van der Waals surface area contributed by atoms with E-state index in [0.29, 0.717) is 16.0 Å². The molecule has 2 rings (SSSR count). The van der Waals surface area contributed by atoms with Gasteiger partial charge in [0.15, 0.2) is 0 Å². The smallest absolute Gasteiger partial charge is 0.0469 e. The summed E-state index contributed by atoms with van der Waals surface area (Å²) in [7, 11) is 0. The van der Waals surface area contributed by atoms with Crippen LogP contribution in [0.25, 0.3) is 0 Å². The Labute approximate surface area is 106 Å². The largest absolute Gasteiger partial charge is 0.381 e. The van der Waals surface area contributed by atoms with E-state index < -0.39 is 0 Å². The molecule has 1 heterocycles. The van der Waals surface area contributed by atoms with E-state index in [2.05, 4.69) is 0 Å². The first-order valence-corrected chi connectivity index (χ1v) is 6.22. The van der Waals surface area contributed by atoms with Gasteiger partial charge in [-0.05, 0) is 42.5 Å². The Morgan fingerprint density at radius 3 is 2.25 bits per heavy atom. The van der Waals surface area contributed by atoms with Crippen molar-refractivity contribution in [3.05, 3.63) is 33.8 Å². The van der Waals surface area contributed by atoms with Gasteiger partial charge in [-0.2, -0.15) is 0 Å². The zero-order chi connectivity index (χ0) is 11.5. The fourth-order valence-electron chi connectivity index (χ4n) is 2.11. The highest BCUT2D eigenvalue weighted by Crippen LogP contribution is 2.31. The van der Waals surface area contributed by atoms with E-state index in [0.717, 1.165) is 31.6 Å². The van der Waals surface area contributed by atoms with Crippen molar-refractivity contribution in [1.82, 2.24) is 0 Å². The summed E-state index contributed by atoms with van der Waals surface area (Å²) in [5.41, 5.74) is 7.25. The molecule has 0 spiro atoms. The van der Waals surface area contributed by atoms with Crippen molar-refractivity contribution in [2.24, 2.45) is 11.7 Å². The summed E-state index contributed by atoms with van der Waals surface area (Å²) in [5.74, 6) is 0.461. The maximum atomic E-state index is 6.23. The van der Waals surface area contributed by atoms with E-state index in [4.69, 9.17) is 33.7 Å². The molecular weight excluding hydrogens is 245 g/mol. The van der Waals surface area contributed by atoms with Crippen LogP contribution in [-0.4, -0.2) is 13.2 Å². The van der Waals surface area contributed by atoms with Gasteiger partial charge in [-0.25, -0.2) is 0 Å². The van der Waals surface area contributed by atoms with Crippen LogP contribution in [0.1, 0.15) is 24.4 Å². The monoisotopic (exact) mass is 259 g/mol. The van der Waals surface area contributed by atoms with Crippen LogP contribution < -0.4 is 5.73 Å². The van der Waals surface area contributed by atoms with Gasteiger partial charge in [0.1, 0.15) is 0 Å². The molecule has 1 fully saturated rings. The molecule has 1 unspecified atom stereocenters. The van der Waals surface area contributed by atoms with Crippen LogP contribution >= 0.6 is 23.2 Å². The molecular formula is C12H15Cl2NO. The number of halogens is 2. The lowest BCUT2D eigenvalue weighted by Crippen LogP contribution is -2.27. The number of nitrogens with two attached hydrogens (primary N) is 1. The lowest BCUT2D eigenvalue weighted by atomic mass is 9.88. The lowest BCUT2D eigenvalue weighted by molar-refractivity contribution is 0.0584. The predicted molar refractivity (Wildman–Crippen MR) is 66.9 cm³/mol. The van der Waals surface area contributed by atoms with Crippen LogP contribution in [0.5, 0.6) is 0 Å². The molecule has 0 amide bonds. The number of hydrogen-bond acceptors (Lipinski definition) is 2. The molecule has 2 nitrogen and oxygen atoms in total. The first-order chi connectivity index (χ1) is 7.66. The number of hydrogen-bond donors (Lipinski definition) is 1. The van der Waals surface area contributed by atoms with E-state index in [1.165, 1.54) is 0 Å². The first kappa shape index (κ1) is 12.2. The number of ether oxygens (including phenoxy) is 1. The third kappa shape index (κ3) is 2.89. The third-order valence-electron chi connectivity index (χ3n) is 3.04. The van der Waals surface area contributed by atoms with Crippen LogP contribution in [0.4, 0.5) is 0 Å². The van der Waals surface area contributed by atoms with Crippen molar-refractivity contribution in [2.75, 3.05) is 13.2 Å². The summed E-state index contributed by atoms with van der Waals surface area (Å²) in [5, 5.41) is 1.29. The van der Waals surface area contributed by atoms with Crippen molar-refractivity contribution in [1.29, 1.82) is 0 Å². The normalized spacial score (nSPS) is 19.7. The minimum atomic E-state index is 0.0000926. The highest BCUT2D eigenvalue weighted by Gasteiger charge is 2.22. The Bertz CT molecular complexity index is 344. The molecule has 1 aromatic carbocycles. The lowest BCUT2D eigenvalue weighted by Gasteiger charge is -2.28. The van der Waals surface area contributed by atoms with Crippen LogP contribution in [0.2, 0.25) is 10.0 Å². The Hall–Kier alpha value is -0.280. The van der Waals surface area contributed by atoms with Crippen molar-refractivity contribution in [3.63, 3.8) is 0 Å². The molecule has 88 valence electrons. The topological polar surface area (TPSA) is 35.2 Å². The number of rotatable bonds is 2. The van der Waals surface area contributed by atoms with Gasteiger partial charge in [0.2, 0.25) is 0 Å². The summed E-state index contributed by atoms with van der Waals surface area (Å²) in [6.45, 7) is 1.60. The Balaban J connectivity index is 2.15. The van der Waals surface area contributed by atoms with Crippen molar-refractivity contribution >= 4 is 23.2 Å². The highest BCUT2D eigenvalue weighted by molar-refractivity contribution is 6.34. The summed E-state index contributed by atoms with van der Waals surface area (Å²) >= 11 is 11.9. The fourth-order valence-corrected chi connectivity index (χ4v) is 2.66. The van der Waals surface area contributed by atoms with Gasteiger partial charge in [-0.15, -0.1) is 0 Å². The molecule has 16 heavy (non-hydrogen) atoms. The van der Waals surface area contributed by atoms with Crippen LogP contribution in [0.3, 0.4) is 0 Å². The van der Waals surface area contributed by atoms with E-state index in [1.807, 2.05) is 12.1 Å². The Morgan fingerprint density at radius 1 is 1.12 bits per heavy atom. The molecule has 1 saturated heterocycles. The van der Waals surface area contributed by atoms with Crippen LogP contribution in [0, 0.1) is 5.92 Å².